The van der Waals surface area contributed by atoms with Gasteiger partial charge in [0.1, 0.15) is 0 Å². The summed E-state index contributed by atoms with van der Waals surface area (Å²) in [5.41, 5.74) is 2.45. The van der Waals surface area contributed by atoms with Crippen LogP contribution in [0, 0.1) is 0 Å². The quantitative estimate of drug-likeness (QED) is 0.682. The second-order valence-electron chi connectivity index (χ2n) is 4.33. The Balaban J connectivity index is 2.02. The van der Waals surface area contributed by atoms with E-state index >= 15 is 0 Å². The van der Waals surface area contributed by atoms with Gasteiger partial charge < -0.3 is 15.4 Å². The van der Waals surface area contributed by atoms with Crippen molar-refractivity contribution < 1.29 is 9.90 Å². The minimum Gasteiger partial charge on any atom is -0.481 e. The highest BCUT2D eigenvalue weighted by Crippen LogP contribution is 2.17. The number of nitrogens with zero attached hydrogens (tertiary/aromatic N) is 1. The van der Waals surface area contributed by atoms with Crippen molar-refractivity contribution in [2.24, 2.45) is 0 Å². The van der Waals surface area contributed by atoms with E-state index in [1.807, 2.05) is 24.3 Å². The maximum Gasteiger partial charge on any atom is 0.344 e. The molecule has 3 N–H and O–H groups in total. The molecule has 0 saturated carbocycles. The van der Waals surface area contributed by atoms with Gasteiger partial charge in [0.05, 0.1) is 6.42 Å². The minimum absolute atomic E-state index is 0.101. The van der Waals surface area contributed by atoms with Crippen molar-refractivity contribution in [3.8, 4) is 11.1 Å². The molecule has 104 valence electrons. The van der Waals surface area contributed by atoms with E-state index in [0.717, 1.165) is 16.7 Å². The molecule has 0 saturated heterocycles. The van der Waals surface area contributed by atoms with E-state index < -0.39 is 5.97 Å². The van der Waals surface area contributed by atoms with Crippen molar-refractivity contribution in [1.82, 2.24) is 15.3 Å². The maximum absolute atomic E-state index is 10.9. The van der Waals surface area contributed by atoms with Gasteiger partial charge in [-0.3, -0.25) is 4.79 Å². The monoisotopic (exact) mass is 273 g/mol. The van der Waals surface area contributed by atoms with Crippen LogP contribution in [0.4, 0.5) is 0 Å². The van der Waals surface area contributed by atoms with E-state index in [2.05, 4.69) is 15.3 Å². The van der Waals surface area contributed by atoms with E-state index in [1.54, 1.807) is 6.20 Å². The Kier molecular flexibility index (Phi) is 4.62. The molecule has 0 atom stereocenters. The summed E-state index contributed by atoms with van der Waals surface area (Å²) in [6.07, 6.45) is 3.24. The van der Waals surface area contributed by atoms with Crippen LogP contribution in [-0.4, -0.2) is 27.6 Å². The predicted octanol–water partition coefficient (Wildman–Crippen LogP) is 1.00. The lowest BCUT2D eigenvalue weighted by Gasteiger charge is -2.06. The van der Waals surface area contributed by atoms with Crippen LogP contribution in [0.5, 0.6) is 0 Å². The summed E-state index contributed by atoms with van der Waals surface area (Å²) in [5.74, 6) is -0.814. The van der Waals surface area contributed by atoms with Crippen molar-refractivity contribution in [2.75, 3.05) is 6.54 Å². The summed E-state index contributed by atoms with van der Waals surface area (Å²) >= 11 is 0. The van der Waals surface area contributed by atoms with Crippen molar-refractivity contribution in [2.45, 2.75) is 13.0 Å². The second kappa shape index (κ2) is 6.63. The topological polar surface area (TPSA) is 95.1 Å². The average molecular weight is 273 g/mol. The molecule has 1 heterocycles. The number of benzene rings is 1. The number of hydrogen-bond donors (Lipinski definition) is 3. The van der Waals surface area contributed by atoms with Crippen LogP contribution in [0.1, 0.15) is 12.0 Å². The van der Waals surface area contributed by atoms with Crippen molar-refractivity contribution in [1.29, 1.82) is 0 Å². The fourth-order valence-corrected chi connectivity index (χ4v) is 1.79. The normalized spacial score (nSPS) is 10.4. The van der Waals surface area contributed by atoms with Crippen LogP contribution in [0.2, 0.25) is 0 Å². The number of carbonyl (C=O) groups is 1. The summed E-state index contributed by atoms with van der Waals surface area (Å²) in [6, 6.07) is 7.77. The molecule has 0 radical (unpaired) electrons. The first-order valence-electron chi connectivity index (χ1n) is 6.22. The fourth-order valence-electron chi connectivity index (χ4n) is 1.79. The van der Waals surface area contributed by atoms with Gasteiger partial charge in [0, 0.05) is 31.0 Å². The molecule has 0 bridgehead atoms. The van der Waals surface area contributed by atoms with Crippen molar-refractivity contribution in [3.05, 3.63) is 52.7 Å². The Labute approximate surface area is 115 Å². The van der Waals surface area contributed by atoms with Crippen LogP contribution < -0.4 is 11.0 Å². The van der Waals surface area contributed by atoms with Gasteiger partial charge in [-0.1, -0.05) is 18.2 Å². The van der Waals surface area contributed by atoms with E-state index in [9.17, 15) is 9.59 Å². The molecule has 0 amide bonds. The third-order valence-electron chi connectivity index (χ3n) is 2.78. The number of carboxylic acids is 1. The predicted molar refractivity (Wildman–Crippen MR) is 74.3 cm³/mol. The number of H-pyrrole nitrogens is 1. The van der Waals surface area contributed by atoms with Gasteiger partial charge in [-0.25, -0.2) is 9.78 Å². The Hall–Kier alpha value is -2.47. The lowest BCUT2D eigenvalue weighted by Crippen LogP contribution is -2.17. The Morgan fingerprint density at radius 3 is 2.90 bits per heavy atom. The Bertz CT molecular complexity index is 632. The smallest absolute Gasteiger partial charge is 0.344 e. The molecule has 0 fully saturated rings. The second-order valence-corrected chi connectivity index (χ2v) is 4.33. The van der Waals surface area contributed by atoms with Crippen LogP contribution >= 0.6 is 0 Å². The van der Waals surface area contributed by atoms with E-state index in [1.165, 1.54) is 6.20 Å². The third-order valence-corrected chi connectivity index (χ3v) is 2.78. The molecule has 6 nitrogen and oxygen atoms in total. The molecule has 0 aliphatic carbocycles. The molecule has 2 aromatic rings. The standard InChI is InChI=1S/C14H15N3O3/c18-13(19)4-5-15-7-10-2-1-3-11(6-10)12-8-16-14(20)17-9-12/h1-3,6,8-9,15H,4-5,7H2,(H,18,19)(H,16,17,20). The van der Waals surface area contributed by atoms with Gasteiger partial charge in [-0.05, 0) is 17.2 Å². The highest BCUT2D eigenvalue weighted by atomic mass is 16.4. The lowest BCUT2D eigenvalue weighted by molar-refractivity contribution is -0.136. The number of carboxylic acid groups (broad SMARTS) is 1. The summed E-state index contributed by atoms with van der Waals surface area (Å²) in [4.78, 5) is 27.5. The number of hydrogen-bond acceptors (Lipinski definition) is 4. The molecule has 0 unspecified atom stereocenters. The van der Waals surface area contributed by atoms with Crippen molar-refractivity contribution >= 4 is 5.97 Å². The van der Waals surface area contributed by atoms with Crippen molar-refractivity contribution in [3.63, 3.8) is 0 Å². The summed E-state index contributed by atoms with van der Waals surface area (Å²) < 4.78 is 0. The molecule has 0 aliphatic heterocycles. The molecular weight excluding hydrogens is 258 g/mol. The molecule has 0 spiro atoms. The van der Waals surface area contributed by atoms with Gasteiger partial charge in [-0.2, -0.15) is 0 Å². The minimum atomic E-state index is -0.814. The first-order chi connectivity index (χ1) is 9.65. The summed E-state index contributed by atoms with van der Waals surface area (Å²) in [5, 5.41) is 11.6. The summed E-state index contributed by atoms with van der Waals surface area (Å²) in [7, 11) is 0. The third kappa shape index (κ3) is 4.03. The molecule has 0 aliphatic rings. The molecule has 1 aromatic heterocycles. The Morgan fingerprint density at radius 2 is 2.20 bits per heavy atom. The van der Waals surface area contributed by atoms with Crippen LogP contribution in [-0.2, 0) is 11.3 Å². The molecule has 20 heavy (non-hydrogen) atoms. The summed E-state index contributed by atoms with van der Waals surface area (Å²) in [6.45, 7) is 1.03. The van der Waals surface area contributed by atoms with E-state index in [0.29, 0.717) is 13.1 Å². The zero-order valence-corrected chi connectivity index (χ0v) is 10.8. The van der Waals surface area contributed by atoms with Gasteiger partial charge in [0.15, 0.2) is 0 Å². The SMILES string of the molecule is O=C(O)CCNCc1cccc(-c2cnc(=O)[nH]c2)c1. The number of aliphatic carboxylic acids is 1. The molecule has 2 rings (SSSR count). The highest BCUT2D eigenvalue weighted by Gasteiger charge is 2.01. The van der Waals surface area contributed by atoms with Gasteiger partial charge >= 0.3 is 11.7 Å². The number of aromatic nitrogens is 2. The highest BCUT2D eigenvalue weighted by molar-refractivity contribution is 5.66. The molecule has 6 heteroatoms. The number of rotatable bonds is 6. The van der Waals surface area contributed by atoms with Crippen LogP contribution in [0.25, 0.3) is 11.1 Å². The first-order valence-corrected chi connectivity index (χ1v) is 6.22. The zero-order chi connectivity index (χ0) is 14.4. The largest absolute Gasteiger partial charge is 0.481 e. The van der Waals surface area contributed by atoms with Gasteiger partial charge in [0.25, 0.3) is 0 Å². The average Bonchev–Trinajstić information content (AvgIpc) is 2.44. The van der Waals surface area contributed by atoms with Crippen LogP contribution in [0.15, 0.2) is 41.5 Å². The van der Waals surface area contributed by atoms with E-state index in [4.69, 9.17) is 5.11 Å². The zero-order valence-electron chi connectivity index (χ0n) is 10.8. The first kappa shape index (κ1) is 14.0. The van der Waals surface area contributed by atoms with Gasteiger partial charge in [0.2, 0.25) is 0 Å². The van der Waals surface area contributed by atoms with Crippen LogP contribution in [0.3, 0.4) is 0 Å². The number of aromatic amines is 1. The lowest BCUT2D eigenvalue weighted by atomic mass is 10.1. The molecular formula is C14H15N3O3. The number of nitrogens with one attached hydrogen (secondary N) is 2. The Morgan fingerprint density at radius 1 is 1.35 bits per heavy atom. The molecule has 1 aromatic carbocycles. The van der Waals surface area contributed by atoms with E-state index in [-0.39, 0.29) is 12.1 Å². The van der Waals surface area contributed by atoms with Gasteiger partial charge in [-0.15, -0.1) is 0 Å². The maximum atomic E-state index is 10.9. The fraction of sp³-hybridized carbons (Fsp3) is 0.214.